The van der Waals surface area contributed by atoms with E-state index in [-0.39, 0.29) is 11.8 Å². The normalized spacial score (nSPS) is 11.9. The molecule has 0 spiro atoms. The zero-order chi connectivity index (χ0) is 15.2. The summed E-state index contributed by atoms with van der Waals surface area (Å²) < 4.78 is 0. The molecule has 1 aromatic heterocycles. The molecule has 1 unspecified atom stereocenters. The van der Waals surface area contributed by atoms with Crippen molar-refractivity contribution in [2.45, 2.75) is 26.3 Å². The maximum absolute atomic E-state index is 12.7. The molecular weight excluding hydrogens is 262 g/mol. The Morgan fingerprint density at radius 1 is 1.29 bits per heavy atom. The molecule has 0 aliphatic carbocycles. The number of likely N-dealkylation sites (N-methyl/N-ethyl adjacent to an activating group) is 1. The summed E-state index contributed by atoms with van der Waals surface area (Å²) in [5.41, 5.74) is 8.52. The number of hydrogen-bond acceptors (Lipinski definition) is 3. The Bertz CT molecular complexity index is 598. The Labute approximate surface area is 125 Å². The van der Waals surface area contributed by atoms with Gasteiger partial charge in [-0.25, -0.2) is 0 Å². The van der Waals surface area contributed by atoms with E-state index >= 15 is 0 Å². The summed E-state index contributed by atoms with van der Waals surface area (Å²) in [5.74, 6) is -0.0878. The molecule has 0 fully saturated rings. The lowest BCUT2D eigenvalue weighted by Crippen LogP contribution is -2.33. The van der Waals surface area contributed by atoms with Crippen LogP contribution in [0.5, 0.6) is 0 Å². The van der Waals surface area contributed by atoms with Crippen molar-refractivity contribution < 1.29 is 4.79 Å². The summed E-state index contributed by atoms with van der Waals surface area (Å²) >= 11 is 0. The van der Waals surface area contributed by atoms with Crippen molar-refractivity contribution in [3.8, 4) is 0 Å². The highest BCUT2D eigenvalue weighted by Crippen LogP contribution is 2.21. The third-order valence-electron chi connectivity index (χ3n) is 3.60. The molecule has 1 atom stereocenters. The minimum Gasteiger partial charge on any atom is -0.399 e. The number of pyridine rings is 1. The molecule has 4 nitrogen and oxygen atoms in total. The summed E-state index contributed by atoms with van der Waals surface area (Å²) in [6.07, 6.45) is 3.49. The molecule has 2 N–H and O–H groups in total. The van der Waals surface area contributed by atoms with Gasteiger partial charge in [0.05, 0.1) is 5.92 Å². The maximum Gasteiger partial charge on any atom is 0.230 e. The fraction of sp³-hybridized carbons (Fsp3) is 0.294. The van der Waals surface area contributed by atoms with Gasteiger partial charge in [-0.15, -0.1) is 0 Å². The van der Waals surface area contributed by atoms with Gasteiger partial charge in [0.25, 0.3) is 0 Å². The van der Waals surface area contributed by atoms with E-state index in [1.54, 1.807) is 12.4 Å². The average molecular weight is 283 g/mol. The first-order valence-corrected chi connectivity index (χ1v) is 7.15. The van der Waals surface area contributed by atoms with Gasteiger partial charge in [-0.1, -0.05) is 12.1 Å². The lowest BCUT2D eigenvalue weighted by atomic mass is 9.99. The molecule has 1 heterocycles. The van der Waals surface area contributed by atoms with E-state index in [0.717, 1.165) is 11.1 Å². The van der Waals surface area contributed by atoms with E-state index in [9.17, 15) is 4.79 Å². The van der Waals surface area contributed by atoms with Crippen LogP contribution in [0, 0.1) is 0 Å². The number of nitrogen functional groups attached to an aromatic ring is 1. The first kappa shape index (κ1) is 15.0. The Hall–Kier alpha value is -2.36. The molecule has 1 aromatic carbocycles. The van der Waals surface area contributed by atoms with Crippen molar-refractivity contribution in [3.05, 3.63) is 59.9 Å². The Kier molecular flexibility index (Phi) is 4.93. The first-order valence-electron chi connectivity index (χ1n) is 7.15. The molecule has 2 rings (SSSR count). The number of aromatic nitrogens is 1. The van der Waals surface area contributed by atoms with E-state index in [4.69, 9.17) is 5.73 Å². The van der Waals surface area contributed by atoms with Crippen molar-refractivity contribution in [2.75, 3.05) is 12.3 Å². The number of carbonyl (C=O) groups excluding carboxylic acids is 1. The van der Waals surface area contributed by atoms with E-state index in [1.807, 2.05) is 55.1 Å². The van der Waals surface area contributed by atoms with Crippen molar-refractivity contribution >= 4 is 11.6 Å². The molecule has 0 radical (unpaired) electrons. The number of nitrogens with zero attached hydrogens (tertiary/aromatic N) is 2. The monoisotopic (exact) mass is 283 g/mol. The van der Waals surface area contributed by atoms with Crippen molar-refractivity contribution in [2.24, 2.45) is 0 Å². The summed E-state index contributed by atoms with van der Waals surface area (Å²) in [6.45, 7) is 5.19. The smallest absolute Gasteiger partial charge is 0.230 e. The summed E-state index contributed by atoms with van der Waals surface area (Å²) in [4.78, 5) is 18.5. The highest BCUT2D eigenvalue weighted by molar-refractivity contribution is 5.83. The molecule has 1 amide bonds. The summed E-state index contributed by atoms with van der Waals surface area (Å²) in [5, 5.41) is 0. The van der Waals surface area contributed by atoms with Crippen LogP contribution in [-0.2, 0) is 11.3 Å². The van der Waals surface area contributed by atoms with Crippen molar-refractivity contribution in [1.82, 2.24) is 9.88 Å². The van der Waals surface area contributed by atoms with Crippen LogP contribution in [0.15, 0.2) is 48.8 Å². The fourth-order valence-electron chi connectivity index (χ4n) is 2.30. The van der Waals surface area contributed by atoms with Crippen molar-refractivity contribution in [1.29, 1.82) is 0 Å². The molecule has 21 heavy (non-hydrogen) atoms. The van der Waals surface area contributed by atoms with Crippen LogP contribution in [0.4, 0.5) is 5.69 Å². The second-order valence-electron chi connectivity index (χ2n) is 5.10. The van der Waals surface area contributed by atoms with Gasteiger partial charge in [-0.2, -0.15) is 0 Å². The number of amides is 1. The minimum absolute atomic E-state index is 0.111. The summed E-state index contributed by atoms with van der Waals surface area (Å²) in [7, 11) is 0. The molecule has 0 aliphatic heterocycles. The van der Waals surface area contributed by atoms with Crippen LogP contribution < -0.4 is 5.73 Å². The number of benzene rings is 1. The first-order chi connectivity index (χ1) is 10.1. The topological polar surface area (TPSA) is 59.2 Å². The van der Waals surface area contributed by atoms with Crippen molar-refractivity contribution in [3.63, 3.8) is 0 Å². The van der Waals surface area contributed by atoms with Gasteiger partial charge in [0.1, 0.15) is 0 Å². The number of nitrogens with two attached hydrogens (primary N) is 1. The van der Waals surface area contributed by atoms with Crippen LogP contribution in [0.1, 0.15) is 30.9 Å². The van der Waals surface area contributed by atoms with Crippen LogP contribution in [0.2, 0.25) is 0 Å². The Morgan fingerprint density at radius 3 is 2.62 bits per heavy atom. The zero-order valence-corrected chi connectivity index (χ0v) is 12.5. The molecule has 2 aromatic rings. The minimum atomic E-state index is -0.199. The Morgan fingerprint density at radius 2 is 2.00 bits per heavy atom. The van der Waals surface area contributed by atoms with E-state index in [1.165, 1.54) is 0 Å². The van der Waals surface area contributed by atoms with Crippen LogP contribution in [-0.4, -0.2) is 22.3 Å². The number of rotatable bonds is 5. The molecular formula is C17H21N3O. The van der Waals surface area contributed by atoms with Crippen LogP contribution in [0.25, 0.3) is 0 Å². The third kappa shape index (κ3) is 3.81. The van der Waals surface area contributed by atoms with Gasteiger partial charge < -0.3 is 10.6 Å². The molecule has 0 aliphatic rings. The number of hydrogen-bond donors (Lipinski definition) is 1. The summed E-state index contributed by atoms with van der Waals surface area (Å²) in [6, 6.07) is 11.4. The van der Waals surface area contributed by atoms with E-state index in [2.05, 4.69) is 4.98 Å². The zero-order valence-electron chi connectivity index (χ0n) is 12.5. The standard InChI is InChI=1S/C17H21N3O/c1-3-20(12-14-7-9-19-10-8-14)17(21)13(2)15-5-4-6-16(18)11-15/h4-11,13H,3,12,18H2,1-2H3. The van der Waals surface area contributed by atoms with E-state index < -0.39 is 0 Å². The second-order valence-corrected chi connectivity index (χ2v) is 5.10. The molecule has 0 saturated heterocycles. The van der Waals surface area contributed by atoms with Crippen LogP contribution in [0.3, 0.4) is 0 Å². The highest BCUT2D eigenvalue weighted by Gasteiger charge is 2.21. The van der Waals surface area contributed by atoms with Gasteiger partial charge in [-0.3, -0.25) is 9.78 Å². The average Bonchev–Trinajstić information content (AvgIpc) is 2.52. The van der Waals surface area contributed by atoms with Gasteiger partial charge in [0.2, 0.25) is 5.91 Å². The largest absolute Gasteiger partial charge is 0.399 e. The SMILES string of the molecule is CCN(Cc1ccncc1)C(=O)C(C)c1cccc(N)c1. The van der Waals surface area contributed by atoms with Crippen LogP contribution >= 0.6 is 0 Å². The number of carbonyl (C=O) groups is 1. The maximum atomic E-state index is 12.7. The van der Waals surface area contributed by atoms with Gasteiger partial charge in [0.15, 0.2) is 0 Å². The van der Waals surface area contributed by atoms with Gasteiger partial charge in [-0.05, 0) is 49.2 Å². The fourth-order valence-corrected chi connectivity index (χ4v) is 2.30. The predicted molar refractivity (Wildman–Crippen MR) is 84.6 cm³/mol. The second kappa shape index (κ2) is 6.88. The Balaban J connectivity index is 2.12. The van der Waals surface area contributed by atoms with Gasteiger partial charge in [0, 0.05) is 31.2 Å². The predicted octanol–water partition coefficient (Wildman–Crippen LogP) is 2.82. The lowest BCUT2D eigenvalue weighted by Gasteiger charge is -2.25. The molecule has 0 saturated carbocycles. The third-order valence-corrected chi connectivity index (χ3v) is 3.60. The van der Waals surface area contributed by atoms with Gasteiger partial charge >= 0.3 is 0 Å². The quantitative estimate of drug-likeness (QED) is 0.858. The molecule has 4 heteroatoms. The lowest BCUT2D eigenvalue weighted by molar-refractivity contribution is -0.132. The number of anilines is 1. The molecule has 0 bridgehead atoms. The highest BCUT2D eigenvalue weighted by atomic mass is 16.2. The van der Waals surface area contributed by atoms with E-state index in [0.29, 0.717) is 18.8 Å². The molecule has 110 valence electrons.